The van der Waals surface area contributed by atoms with Crippen molar-refractivity contribution >= 4 is 45.8 Å². The lowest BCUT2D eigenvalue weighted by Crippen LogP contribution is -2.28. The van der Waals surface area contributed by atoms with E-state index in [1.54, 1.807) is 57.7 Å². The molecule has 0 amide bonds. The molecule has 0 bridgehead atoms. The number of pyridine rings is 2. The maximum atomic E-state index is 14.2. The summed E-state index contributed by atoms with van der Waals surface area (Å²) in [5.41, 5.74) is 8.78. The molecule has 10 aromatic rings. The zero-order valence-corrected chi connectivity index (χ0v) is 46.3. The van der Waals surface area contributed by atoms with Gasteiger partial charge in [0.1, 0.15) is 36.5 Å². The van der Waals surface area contributed by atoms with Gasteiger partial charge >= 0.3 is 17.9 Å². The van der Waals surface area contributed by atoms with Crippen LogP contribution in [0.1, 0.15) is 72.7 Å². The van der Waals surface area contributed by atoms with Gasteiger partial charge in [0.2, 0.25) is 11.8 Å². The third kappa shape index (κ3) is 14.2. The first-order chi connectivity index (χ1) is 41.5. The number of aromatic nitrogens is 6. The number of ether oxygens (including phenoxy) is 4. The van der Waals surface area contributed by atoms with Crippen molar-refractivity contribution in [3.05, 3.63) is 226 Å². The zero-order chi connectivity index (χ0) is 61.0. The second-order valence-electron chi connectivity index (χ2n) is 19.6. The molecule has 432 valence electrons. The van der Waals surface area contributed by atoms with Crippen LogP contribution >= 0.6 is 0 Å². The number of benzene rings is 6. The first-order valence-corrected chi connectivity index (χ1v) is 26.5. The van der Waals surface area contributed by atoms with Gasteiger partial charge in [-0.25, -0.2) is 43.1 Å². The van der Waals surface area contributed by atoms with E-state index >= 15 is 0 Å². The summed E-state index contributed by atoms with van der Waals surface area (Å²) in [6.45, 7) is 1.37. The van der Waals surface area contributed by atoms with Gasteiger partial charge in [0.25, 0.3) is 0 Å². The Morgan fingerprint density at radius 2 is 0.953 bits per heavy atom. The van der Waals surface area contributed by atoms with Crippen molar-refractivity contribution in [2.75, 3.05) is 14.2 Å². The number of nitriles is 2. The van der Waals surface area contributed by atoms with Crippen LogP contribution < -0.4 is 9.47 Å². The van der Waals surface area contributed by atoms with Crippen molar-refractivity contribution in [2.45, 2.75) is 58.3 Å². The third-order valence-electron chi connectivity index (χ3n) is 13.9. The largest absolute Gasteiger partial charge is 0.479 e. The fraction of sp³-hybridized carbons (Fsp3) is 0.169. The number of fused-ring (bicyclic) bond motifs is 2. The van der Waals surface area contributed by atoms with Crippen LogP contribution in [-0.4, -0.2) is 94.5 Å². The molecule has 0 aliphatic heterocycles. The normalized spacial score (nSPS) is 11.7. The zero-order valence-electron chi connectivity index (χ0n) is 46.3. The highest BCUT2D eigenvalue weighted by molar-refractivity contribution is 5.97. The average molecular weight is 1160 g/mol. The number of carboxylic acid groups (broad SMARTS) is 3. The van der Waals surface area contributed by atoms with Crippen LogP contribution in [0.3, 0.4) is 0 Å². The molecular formula is C65H52F2N8O11. The van der Waals surface area contributed by atoms with Crippen LogP contribution in [0.2, 0.25) is 0 Å². The minimum atomic E-state index is -1.15. The molecule has 21 heteroatoms. The number of imidazole rings is 2. The number of ketones is 1. The van der Waals surface area contributed by atoms with E-state index in [0.29, 0.717) is 86.4 Å². The van der Waals surface area contributed by atoms with Gasteiger partial charge in [0, 0.05) is 67.0 Å². The summed E-state index contributed by atoms with van der Waals surface area (Å²) in [6.07, 6.45) is -1.48. The molecule has 0 aliphatic rings. The Kier molecular flexibility index (Phi) is 18.7. The Hall–Kier alpha value is -11.0. The van der Waals surface area contributed by atoms with E-state index in [4.69, 9.17) is 34.5 Å². The summed E-state index contributed by atoms with van der Waals surface area (Å²) in [6, 6.07) is 47.8. The molecule has 0 saturated carbocycles. The lowest BCUT2D eigenvalue weighted by molar-refractivity contribution is -0.150. The van der Waals surface area contributed by atoms with E-state index in [9.17, 15) is 43.3 Å². The van der Waals surface area contributed by atoms with Gasteiger partial charge in [-0.15, -0.1) is 0 Å². The number of hydrogen-bond acceptors (Lipinski definition) is 14. The molecule has 19 nitrogen and oxygen atoms in total. The van der Waals surface area contributed by atoms with E-state index in [0.717, 1.165) is 28.3 Å². The fourth-order valence-electron chi connectivity index (χ4n) is 9.25. The Labute approximate surface area is 490 Å². The quantitative estimate of drug-likeness (QED) is 0.0532. The molecule has 3 N–H and O–H groups in total. The van der Waals surface area contributed by atoms with E-state index in [-0.39, 0.29) is 48.8 Å². The molecule has 2 atom stereocenters. The second kappa shape index (κ2) is 26.9. The smallest absolute Gasteiger partial charge is 0.335 e. The standard InChI is InChI=1S/C33H27FN4O5.C32H25FN4O6/c1-20(39)24-12-13-28-29(16-24)38(18-30(42-2)33(40)41)31(36-28)15-21-6-9-23(10-7-21)27-4-3-5-32(37-27)43-19-25-11-8-22(17-35)14-26(25)34;1-42-28(32(40)41)17-37-27-15-22(31(38)39)11-12-26(27)35-29(37)14-19-5-8-21(9-6-19)25-3-2-4-30(36-25)43-18-23-10-7-20(16-34)13-24(23)33/h3-14,16,30H,15,18-19H2,1-2H3,(H,40,41);2-13,15,28H,14,17-18H2,1H3,(H,38,39)(H,40,41)/t30-;28-/m01/s1. The lowest BCUT2D eigenvalue weighted by atomic mass is 10.1. The third-order valence-corrected chi connectivity index (χ3v) is 13.9. The number of halogens is 2. The number of nitrogens with zero attached hydrogens (tertiary/aromatic N) is 8. The van der Waals surface area contributed by atoms with Crippen molar-refractivity contribution in [2.24, 2.45) is 0 Å². The Morgan fingerprint density at radius 3 is 1.33 bits per heavy atom. The van der Waals surface area contributed by atoms with Gasteiger partial charge < -0.3 is 43.4 Å². The molecule has 0 radical (unpaired) electrons. The Bertz CT molecular complexity index is 4000. The number of Topliss-reactive ketones (excluding diaryl/α,β-unsaturated/α-hetero) is 1. The summed E-state index contributed by atoms with van der Waals surface area (Å²) >= 11 is 0. The number of hydrogen-bond donors (Lipinski definition) is 3. The minimum Gasteiger partial charge on any atom is -0.479 e. The van der Waals surface area contributed by atoms with Crippen LogP contribution in [-0.2, 0) is 58.2 Å². The van der Waals surface area contributed by atoms with Crippen molar-refractivity contribution in [3.63, 3.8) is 0 Å². The van der Waals surface area contributed by atoms with Crippen LogP contribution in [0, 0.1) is 34.3 Å². The van der Waals surface area contributed by atoms with E-state index in [1.165, 1.54) is 63.6 Å². The monoisotopic (exact) mass is 1160 g/mol. The van der Waals surface area contributed by atoms with Gasteiger partial charge in [0.15, 0.2) is 18.0 Å². The van der Waals surface area contributed by atoms with E-state index in [2.05, 4.69) is 15.0 Å². The van der Waals surface area contributed by atoms with Gasteiger partial charge in [-0.3, -0.25) is 4.79 Å². The summed E-state index contributed by atoms with van der Waals surface area (Å²) < 4.78 is 53.6. The van der Waals surface area contributed by atoms with Crippen LogP contribution in [0.4, 0.5) is 8.78 Å². The molecule has 0 spiro atoms. The van der Waals surface area contributed by atoms with Gasteiger partial charge in [-0.05, 0) is 90.8 Å². The number of aliphatic carboxylic acids is 2. The summed E-state index contributed by atoms with van der Waals surface area (Å²) in [5.74, 6) is -2.65. The topological polar surface area (TPSA) is 275 Å². The molecular weight excluding hydrogens is 1110 g/mol. The number of aromatic carboxylic acids is 1. The molecule has 0 saturated heterocycles. The highest BCUT2D eigenvalue weighted by Crippen LogP contribution is 2.28. The predicted octanol–water partition coefficient (Wildman–Crippen LogP) is 10.7. The highest BCUT2D eigenvalue weighted by Gasteiger charge is 2.24. The van der Waals surface area contributed by atoms with Gasteiger partial charge in [0.05, 0.1) is 75.4 Å². The second-order valence-corrected chi connectivity index (χ2v) is 19.6. The van der Waals surface area contributed by atoms with Crippen LogP contribution in [0.15, 0.2) is 158 Å². The number of rotatable bonds is 22. The fourth-order valence-corrected chi connectivity index (χ4v) is 9.25. The molecule has 6 aromatic carbocycles. The number of carboxylic acids is 3. The lowest BCUT2D eigenvalue weighted by Gasteiger charge is -2.15. The minimum absolute atomic E-state index is 0.0280. The Morgan fingerprint density at radius 1 is 0.535 bits per heavy atom. The van der Waals surface area contributed by atoms with Crippen molar-refractivity contribution in [1.29, 1.82) is 10.5 Å². The average Bonchev–Trinajstić information content (AvgIpc) is 2.31. The van der Waals surface area contributed by atoms with E-state index < -0.39 is 41.8 Å². The maximum absolute atomic E-state index is 14.2. The van der Waals surface area contributed by atoms with Crippen molar-refractivity contribution < 1.29 is 62.2 Å². The summed E-state index contributed by atoms with van der Waals surface area (Å²) in [4.78, 5) is 65.5. The van der Waals surface area contributed by atoms with E-state index in [1.807, 2.05) is 72.8 Å². The van der Waals surface area contributed by atoms with Crippen LogP contribution in [0.25, 0.3) is 44.6 Å². The number of carbonyl (C=O) groups is 4. The molecule has 4 heterocycles. The molecule has 10 rings (SSSR count). The first-order valence-electron chi connectivity index (χ1n) is 26.5. The van der Waals surface area contributed by atoms with Crippen molar-refractivity contribution in [3.8, 4) is 46.4 Å². The summed E-state index contributed by atoms with van der Waals surface area (Å²) in [7, 11) is 2.65. The predicted molar refractivity (Wildman–Crippen MR) is 309 cm³/mol. The molecule has 0 unspecified atom stereocenters. The molecule has 0 aliphatic carbocycles. The van der Waals surface area contributed by atoms with Gasteiger partial charge in [-0.1, -0.05) is 72.8 Å². The van der Waals surface area contributed by atoms with Gasteiger partial charge in [-0.2, -0.15) is 10.5 Å². The summed E-state index contributed by atoms with van der Waals surface area (Å²) in [5, 5.41) is 46.4. The maximum Gasteiger partial charge on any atom is 0.335 e. The number of carbonyl (C=O) groups excluding carboxylic acids is 1. The molecule has 4 aromatic heterocycles. The Balaban J connectivity index is 0.000000205. The SMILES string of the molecule is CO[C@@H](Cn1c(Cc2ccc(-c3cccc(OCc4ccc(C#N)cc4F)n3)cc2)nc2ccc(C(C)=O)cc21)C(=O)O.CO[C@H](Cn1c(Cc2ccc(-c3cccc(OCc4ccc(C#N)cc4F)n3)cc2)nc2ccc(C(=O)O)cc21)C(=O)O. The number of methoxy groups -OCH3 is 2. The molecule has 86 heavy (non-hydrogen) atoms. The van der Waals surface area contributed by atoms with Crippen molar-refractivity contribution in [1.82, 2.24) is 29.1 Å². The first kappa shape index (κ1) is 59.6. The van der Waals surface area contributed by atoms with Crippen LogP contribution in [0.5, 0.6) is 11.8 Å². The molecule has 0 fully saturated rings. The highest BCUT2D eigenvalue weighted by atomic mass is 19.1.